The molecular weight excluding hydrogens is 412 g/mol. The van der Waals surface area contributed by atoms with Gasteiger partial charge in [-0.2, -0.15) is 0 Å². The number of Topliss-reactive ketones (excluding diaryl/α,β-unsaturated/α-hetero) is 1. The number of amides is 1. The molecule has 1 N–H and O–H groups in total. The van der Waals surface area contributed by atoms with Crippen LogP contribution < -0.4 is 0 Å². The van der Waals surface area contributed by atoms with E-state index in [0.29, 0.717) is 36.9 Å². The van der Waals surface area contributed by atoms with Crippen LogP contribution in [0.1, 0.15) is 16.5 Å². The molecule has 29 heavy (non-hydrogen) atoms. The van der Waals surface area contributed by atoms with Crippen LogP contribution in [0.2, 0.25) is 5.02 Å². The Morgan fingerprint density at radius 3 is 2.52 bits per heavy atom. The summed E-state index contributed by atoms with van der Waals surface area (Å²) in [6.07, 6.45) is 0. The lowest BCUT2D eigenvalue weighted by molar-refractivity contribution is -0.140. The highest BCUT2D eigenvalue weighted by Crippen LogP contribution is 2.41. The summed E-state index contributed by atoms with van der Waals surface area (Å²) in [5, 5.41) is 13.4. The van der Waals surface area contributed by atoms with Gasteiger partial charge in [0.2, 0.25) is 0 Å². The smallest absolute Gasteiger partial charge is 0.295 e. The minimum absolute atomic E-state index is 0.127. The quantitative estimate of drug-likeness (QED) is 0.446. The van der Waals surface area contributed by atoms with Gasteiger partial charge in [0.15, 0.2) is 0 Å². The molecule has 0 spiro atoms. The van der Waals surface area contributed by atoms with Gasteiger partial charge in [0.05, 0.1) is 24.8 Å². The minimum atomic E-state index is -0.655. The number of ether oxygens (including phenoxy) is 1. The Bertz CT molecular complexity index is 921. The Labute approximate surface area is 177 Å². The first kappa shape index (κ1) is 20.1. The minimum Gasteiger partial charge on any atom is -0.507 e. The molecule has 1 aromatic heterocycles. The standard InChI is InChI=1S/C21H21ClN2O4S/c22-15-5-3-14(4-6-15)19(25)17-18(16-2-1-13-29-16)24(21(27)20(17)26)8-7-23-9-11-28-12-10-23/h1-6,13,18,25H,7-12H2. The molecule has 0 saturated carbocycles. The van der Waals surface area contributed by atoms with Crippen LogP contribution in [0.3, 0.4) is 0 Å². The highest BCUT2D eigenvalue weighted by Gasteiger charge is 2.46. The van der Waals surface area contributed by atoms with Crippen LogP contribution in [-0.4, -0.2) is 66.0 Å². The first-order chi connectivity index (χ1) is 14.1. The fraction of sp³-hybridized carbons (Fsp3) is 0.333. The Kier molecular flexibility index (Phi) is 6.01. The molecule has 3 heterocycles. The van der Waals surface area contributed by atoms with Crippen molar-refractivity contribution in [1.82, 2.24) is 9.80 Å². The van der Waals surface area contributed by atoms with Crippen molar-refractivity contribution in [2.24, 2.45) is 0 Å². The summed E-state index contributed by atoms with van der Waals surface area (Å²) in [6.45, 7) is 4.01. The molecule has 8 heteroatoms. The zero-order valence-corrected chi connectivity index (χ0v) is 17.3. The van der Waals surface area contributed by atoms with Gasteiger partial charge in [-0.1, -0.05) is 17.7 Å². The van der Waals surface area contributed by atoms with Crippen molar-refractivity contribution in [1.29, 1.82) is 0 Å². The van der Waals surface area contributed by atoms with E-state index in [0.717, 1.165) is 18.0 Å². The third-order valence-corrected chi connectivity index (χ3v) is 6.41. The molecule has 6 nitrogen and oxygen atoms in total. The molecule has 4 rings (SSSR count). The van der Waals surface area contributed by atoms with E-state index in [1.807, 2.05) is 17.5 Å². The van der Waals surface area contributed by atoms with E-state index in [4.69, 9.17) is 16.3 Å². The first-order valence-electron chi connectivity index (χ1n) is 9.44. The lowest BCUT2D eigenvalue weighted by atomic mass is 10.00. The molecule has 1 amide bonds. The van der Waals surface area contributed by atoms with Gasteiger partial charge >= 0.3 is 0 Å². The summed E-state index contributed by atoms with van der Waals surface area (Å²) in [7, 11) is 0. The largest absolute Gasteiger partial charge is 0.507 e. The molecule has 2 fully saturated rings. The Morgan fingerprint density at radius 2 is 1.86 bits per heavy atom. The number of hydrogen-bond donors (Lipinski definition) is 1. The van der Waals surface area contributed by atoms with E-state index in [2.05, 4.69) is 4.90 Å². The Morgan fingerprint density at radius 1 is 1.14 bits per heavy atom. The van der Waals surface area contributed by atoms with Crippen molar-refractivity contribution in [2.45, 2.75) is 6.04 Å². The SMILES string of the molecule is O=C1C(=O)N(CCN2CCOCC2)C(c2cccs2)C1=C(O)c1ccc(Cl)cc1. The van der Waals surface area contributed by atoms with Crippen molar-refractivity contribution in [3.05, 3.63) is 62.8 Å². The maximum absolute atomic E-state index is 12.9. The van der Waals surface area contributed by atoms with Gasteiger partial charge in [-0.3, -0.25) is 14.5 Å². The number of thiophene rings is 1. The van der Waals surface area contributed by atoms with Crippen LogP contribution in [-0.2, 0) is 14.3 Å². The van der Waals surface area contributed by atoms with E-state index >= 15 is 0 Å². The molecule has 1 unspecified atom stereocenters. The number of rotatable bonds is 5. The Hall–Kier alpha value is -2.19. The van der Waals surface area contributed by atoms with Gasteiger partial charge in [0.25, 0.3) is 11.7 Å². The number of aliphatic hydroxyl groups excluding tert-OH is 1. The topological polar surface area (TPSA) is 70.1 Å². The van der Waals surface area contributed by atoms with Crippen LogP contribution in [0, 0.1) is 0 Å². The van der Waals surface area contributed by atoms with Crippen LogP contribution in [0.15, 0.2) is 47.4 Å². The third-order valence-electron chi connectivity index (χ3n) is 5.23. The maximum Gasteiger partial charge on any atom is 0.295 e. The predicted octanol–water partition coefficient (Wildman–Crippen LogP) is 3.16. The summed E-state index contributed by atoms with van der Waals surface area (Å²) >= 11 is 7.40. The third kappa shape index (κ3) is 4.09. The average Bonchev–Trinajstić information content (AvgIpc) is 3.35. The summed E-state index contributed by atoms with van der Waals surface area (Å²) in [4.78, 5) is 30.4. The van der Waals surface area contributed by atoms with Crippen molar-refractivity contribution in [2.75, 3.05) is 39.4 Å². The van der Waals surface area contributed by atoms with Gasteiger partial charge in [-0.05, 0) is 35.7 Å². The zero-order chi connectivity index (χ0) is 20.4. The number of ketones is 1. The van der Waals surface area contributed by atoms with E-state index in [-0.39, 0.29) is 11.3 Å². The van der Waals surface area contributed by atoms with Gasteiger partial charge in [-0.15, -0.1) is 11.3 Å². The molecule has 2 aromatic rings. The number of carbonyl (C=O) groups excluding carboxylic acids is 2. The molecule has 0 bridgehead atoms. The van der Waals surface area contributed by atoms with E-state index < -0.39 is 17.7 Å². The number of likely N-dealkylation sites (tertiary alicyclic amines) is 1. The van der Waals surface area contributed by atoms with Gasteiger partial charge in [-0.25, -0.2) is 0 Å². The number of benzene rings is 1. The molecule has 2 aliphatic heterocycles. The summed E-state index contributed by atoms with van der Waals surface area (Å²) < 4.78 is 5.37. The van der Waals surface area contributed by atoms with Crippen LogP contribution >= 0.6 is 22.9 Å². The summed E-state index contributed by atoms with van der Waals surface area (Å²) in [5.41, 5.74) is 0.587. The average molecular weight is 433 g/mol. The normalized spacial score (nSPS) is 22.4. The summed E-state index contributed by atoms with van der Waals surface area (Å²) in [5.74, 6) is -1.41. The van der Waals surface area contributed by atoms with Crippen LogP contribution in [0.25, 0.3) is 5.76 Å². The number of carbonyl (C=O) groups is 2. The molecule has 0 aliphatic carbocycles. The van der Waals surface area contributed by atoms with Crippen molar-refractivity contribution in [3.8, 4) is 0 Å². The highest BCUT2D eigenvalue weighted by atomic mass is 35.5. The number of morpholine rings is 1. The Balaban J connectivity index is 1.68. The van der Waals surface area contributed by atoms with Crippen LogP contribution in [0.4, 0.5) is 0 Å². The molecule has 2 aliphatic rings. The molecule has 0 radical (unpaired) electrons. The van der Waals surface area contributed by atoms with Gasteiger partial charge in [0.1, 0.15) is 5.76 Å². The van der Waals surface area contributed by atoms with Crippen molar-refractivity contribution >= 4 is 40.4 Å². The van der Waals surface area contributed by atoms with Crippen molar-refractivity contribution < 1.29 is 19.4 Å². The van der Waals surface area contributed by atoms with Crippen molar-refractivity contribution in [3.63, 3.8) is 0 Å². The maximum atomic E-state index is 12.9. The van der Waals surface area contributed by atoms with Crippen LogP contribution in [0.5, 0.6) is 0 Å². The summed E-state index contributed by atoms with van der Waals surface area (Å²) in [6, 6.07) is 9.75. The lowest BCUT2D eigenvalue weighted by Gasteiger charge is -2.30. The van der Waals surface area contributed by atoms with Gasteiger partial charge < -0.3 is 14.7 Å². The van der Waals surface area contributed by atoms with E-state index in [1.165, 1.54) is 11.3 Å². The molecule has 1 aromatic carbocycles. The van der Waals surface area contributed by atoms with E-state index in [1.54, 1.807) is 29.2 Å². The monoisotopic (exact) mass is 432 g/mol. The first-order valence-corrected chi connectivity index (χ1v) is 10.7. The number of hydrogen-bond acceptors (Lipinski definition) is 6. The number of nitrogens with zero attached hydrogens (tertiary/aromatic N) is 2. The molecular formula is C21H21ClN2O4S. The second-order valence-corrected chi connectivity index (χ2v) is 8.38. The second-order valence-electron chi connectivity index (χ2n) is 6.97. The van der Waals surface area contributed by atoms with Gasteiger partial charge in [0, 0.05) is 41.6 Å². The van der Waals surface area contributed by atoms with E-state index in [9.17, 15) is 14.7 Å². The molecule has 152 valence electrons. The lowest BCUT2D eigenvalue weighted by Crippen LogP contribution is -2.42. The number of aliphatic hydroxyl groups is 1. The number of halogens is 1. The molecule has 1 atom stereocenters. The fourth-order valence-electron chi connectivity index (χ4n) is 3.69. The molecule has 2 saturated heterocycles. The predicted molar refractivity (Wildman–Crippen MR) is 112 cm³/mol. The zero-order valence-electron chi connectivity index (χ0n) is 15.7. The fourth-order valence-corrected chi connectivity index (χ4v) is 4.66. The highest BCUT2D eigenvalue weighted by molar-refractivity contribution is 7.10. The second kappa shape index (κ2) is 8.67.